The number of carbonyl (C=O) groups excluding carboxylic acids is 1. The highest BCUT2D eigenvalue weighted by Gasteiger charge is 2.19. The van der Waals surface area contributed by atoms with Gasteiger partial charge in [0, 0.05) is 12.0 Å². The lowest BCUT2D eigenvalue weighted by Gasteiger charge is -2.21. The van der Waals surface area contributed by atoms with Gasteiger partial charge in [-0.15, -0.1) is 0 Å². The minimum atomic E-state index is -0.200. The Kier molecular flexibility index (Phi) is 6.42. The molecule has 0 heterocycles. The van der Waals surface area contributed by atoms with E-state index in [2.05, 4.69) is 38.2 Å². The van der Waals surface area contributed by atoms with Gasteiger partial charge in [-0.1, -0.05) is 39.8 Å². The lowest BCUT2D eigenvalue weighted by atomic mass is 9.87. The van der Waals surface area contributed by atoms with Crippen LogP contribution in [0, 0.1) is 5.92 Å². The molecule has 1 aromatic carbocycles. The summed E-state index contributed by atoms with van der Waals surface area (Å²) in [5.41, 5.74) is 7.14. The predicted octanol–water partition coefficient (Wildman–Crippen LogP) is 2.85. The van der Waals surface area contributed by atoms with E-state index in [1.54, 1.807) is 0 Å². The largest absolute Gasteiger partial charge is 0.491 e. The van der Waals surface area contributed by atoms with Gasteiger partial charge in [-0.05, 0) is 37.0 Å². The zero-order valence-corrected chi connectivity index (χ0v) is 14.6. The Bertz CT molecular complexity index is 475. The van der Waals surface area contributed by atoms with E-state index in [9.17, 15) is 4.79 Å². The van der Waals surface area contributed by atoms with E-state index in [0.717, 1.165) is 5.75 Å². The summed E-state index contributed by atoms with van der Waals surface area (Å²) in [4.78, 5) is 11.9. The second-order valence-corrected chi connectivity index (χ2v) is 7.14. The monoisotopic (exact) mass is 306 g/mol. The molecule has 22 heavy (non-hydrogen) atoms. The van der Waals surface area contributed by atoms with Gasteiger partial charge in [0.05, 0.1) is 6.04 Å². The normalized spacial score (nSPS) is 15.8. The summed E-state index contributed by atoms with van der Waals surface area (Å²) in [5, 5.41) is 2.92. The van der Waals surface area contributed by atoms with Crippen molar-refractivity contribution in [3.8, 4) is 5.75 Å². The molecule has 0 aliphatic rings. The first-order valence-electron chi connectivity index (χ1n) is 7.90. The van der Waals surface area contributed by atoms with Gasteiger partial charge in [-0.3, -0.25) is 4.79 Å². The number of rotatable bonds is 6. The highest BCUT2D eigenvalue weighted by molar-refractivity contribution is 5.79. The molecule has 0 radical (unpaired) electrons. The quantitative estimate of drug-likeness (QED) is 0.849. The molecule has 4 nitrogen and oxygen atoms in total. The van der Waals surface area contributed by atoms with Crippen molar-refractivity contribution in [2.45, 2.75) is 59.0 Å². The molecule has 1 amide bonds. The number of carbonyl (C=O) groups is 1. The minimum absolute atomic E-state index is 0.0332. The Balaban J connectivity index is 2.47. The van der Waals surface area contributed by atoms with Crippen molar-refractivity contribution < 1.29 is 9.53 Å². The summed E-state index contributed by atoms with van der Waals surface area (Å²) in [6.07, 6.45) is 0. The molecule has 1 rings (SSSR count). The Morgan fingerprint density at radius 1 is 1.18 bits per heavy atom. The topological polar surface area (TPSA) is 64.3 Å². The Morgan fingerprint density at radius 3 is 2.18 bits per heavy atom. The first-order chi connectivity index (χ1) is 10.1. The standard InChI is InChI=1S/C18H30N2O2/c1-12(20-17(21)13(2)14(3)19)11-22-16-9-7-15(8-10-16)18(4,5)6/h7-10,12-14H,11,19H2,1-6H3,(H,20,21). The van der Waals surface area contributed by atoms with Crippen molar-refractivity contribution in [1.29, 1.82) is 0 Å². The van der Waals surface area contributed by atoms with Gasteiger partial charge in [-0.2, -0.15) is 0 Å². The molecule has 1 aromatic rings. The van der Waals surface area contributed by atoms with Gasteiger partial charge in [0.15, 0.2) is 0 Å². The van der Waals surface area contributed by atoms with Crippen LogP contribution in [0.4, 0.5) is 0 Å². The predicted molar refractivity (Wildman–Crippen MR) is 91.1 cm³/mol. The Hall–Kier alpha value is -1.55. The van der Waals surface area contributed by atoms with E-state index in [4.69, 9.17) is 10.5 Å². The zero-order valence-electron chi connectivity index (χ0n) is 14.6. The van der Waals surface area contributed by atoms with Gasteiger partial charge in [0.25, 0.3) is 0 Å². The van der Waals surface area contributed by atoms with E-state index in [1.165, 1.54) is 5.56 Å². The van der Waals surface area contributed by atoms with Crippen molar-refractivity contribution in [2.75, 3.05) is 6.61 Å². The third-order valence-corrected chi connectivity index (χ3v) is 3.81. The summed E-state index contributed by atoms with van der Waals surface area (Å²) in [7, 11) is 0. The lowest BCUT2D eigenvalue weighted by Crippen LogP contribution is -2.44. The maximum atomic E-state index is 11.9. The number of ether oxygens (including phenoxy) is 1. The molecule has 0 bridgehead atoms. The molecule has 4 heteroatoms. The minimum Gasteiger partial charge on any atom is -0.491 e. The van der Waals surface area contributed by atoms with Crippen molar-refractivity contribution in [2.24, 2.45) is 11.7 Å². The molecule has 0 saturated carbocycles. The van der Waals surface area contributed by atoms with Crippen LogP contribution in [0.15, 0.2) is 24.3 Å². The fourth-order valence-electron chi connectivity index (χ4n) is 1.93. The summed E-state index contributed by atoms with van der Waals surface area (Å²) >= 11 is 0. The Morgan fingerprint density at radius 2 is 1.73 bits per heavy atom. The molecular formula is C18H30N2O2. The zero-order chi connectivity index (χ0) is 16.9. The van der Waals surface area contributed by atoms with Crippen molar-refractivity contribution >= 4 is 5.91 Å². The number of hydrogen-bond acceptors (Lipinski definition) is 3. The SMILES string of the molecule is CC(COc1ccc(C(C)(C)C)cc1)NC(=O)C(C)C(C)N. The van der Waals surface area contributed by atoms with Crippen LogP contribution in [-0.2, 0) is 10.2 Å². The summed E-state index contributed by atoms with van der Waals surface area (Å²) < 4.78 is 5.73. The molecule has 0 aliphatic heterocycles. The van der Waals surface area contributed by atoms with Gasteiger partial charge in [0.1, 0.15) is 12.4 Å². The van der Waals surface area contributed by atoms with Crippen LogP contribution in [0.5, 0.6) is 5.75 Å². The van der Waals surface area contributed by atoms with Gasteiger partial charge < -0.3 is 15.8 Å². The average molecular weight is 306 g/mol. The average Bonchev–Trinajstić information content (AvgIpc) is 2.43. The highest BCUT2D eigenvalue weighted by Crippen LogP contribution is 2.24. The number of amides is 1. The van der Waals surface area contributed by atoms with E-state index in [1.807, 2.05) is 32.9 Å². The molecule has 3 unspecified atom stereocenters. The molecule has 0 fully saturated rings. The van der Waals surface area contributed by atoms with Crippen LogP contribution < -0.4 is 15.8 Å². The molecule has 3 N–H and O–H groups in total. The van der Waals surface area contributed by atoms with Crippen LogP contribution >= 0.6 is 0 Å². The highest BCUT2D eigenvalue weighted by atomic mass is 16.5. The lowest BCUT2D eigenvalue weighted by molar-refractivity contribution is -0.125. The smallest absolute Gasteiger partial charge is 0.224 e. The summed E-state index contributed by atoms with van der Waals surface area (Å²) in [6, 6.07) is 7.89. The van der Waals surface area contributed by atoms with Gasteiger partial charge >= 0.3 is 0 Å². The third-order valence-electron chi connectivity index (χ3n) is 3.81. The molecule has 0 aromatic heterocycles. The van der Waals surface area contributed by atoms with Crippen molar-refractivity contribution in [3.63, 3.8) is 0 Å². The second kappa shape index (κ2) is 7.63. The number of nitrogens with one attached hydrogen (secondary N) is 1. The third kappa shape index (κ3) is 5.68. The molecule has 124 valence electrons. The Labute approximate surface area is 134 Å². The van der Waals surface area contributed by atoms with Crippen molar-refractivity contribution in [3.05, 3.63) is 29.8 Å². The molecule has 0 saturated heterocycles. The number of benzene rings is 1. The van der Waals surface area contributed by atoms with Crippen LogP contribution in [0.1, 0.15) is 47.1 Å². The van der Waals surface area contributed by atoms with E-state index in [-0.39, 0.29) is 29.3 Å². The molecule has 3 atom stereocenters. The van der Waals surface area contributed by atoms with Crippen LogP contribution in [0.25, 0.3) is 0 Å². The maximum absolute atomic E-state index is 11.9. The van der Waals surface area contributed by atoms with Crippen LogP contribution in [0.2, 0.25) is 0 Å². The van der Waals surface area contributed by atoms with Gasteiger partial charge in [0.2, 0.25) is 5.91 Å². The summed E-state index contributed by atoms with van der Waals surface area (Å²) in [6.45, 7) is 12.6. The van der Waals surface area contributed by atoms with Crippen LogP contribution in [0.3, 0.4) is 0 Å². The fraction of sp³-hybridized carbons (Fsp3) is 0.611. The van der Waals surface area contributed by atoms with E-state index < -0.39 is 0 Å². The second-order valence-electron chi connectivity index (χ2n) is 7.14. The number of nitrogens with two attached hydrogens (primary N) is 1. The first-order valence-corrected chi connectivity index (χ1v) is 7.90. The fourth-order valence-corrected chi connectivity index (χ4v) is 1.93. The first kappa shape index (κ1) is 18.5. The van der Waals surface area contributed by atoms with Crippen LogP contribution in [-0.4, -0.2) is 24.6 Å². The molecule has 0 aliphatic carbocycles. The summed E-state index contributed by atoms with van der Waals surface area (Å²) in [5.74, 6) is 0.581. The van der Waals surface area contributed by atoms with Crippen molar-refractivity contribution in [1.82, 2.24) is 5.32 Å². The van der Waals surface area contributed by atoms with Gasteiger partial charge in [-0.25, -0.2) is 0 Å². The van der Waals surface area contributed by atoms with E-state index >= 15 is 0 Å². The number of hydrogen-bond donors (Lipinski definition) is 2. The molecular weight excluding hydrogens is 276 g/mol. The molecule has 0 spiro atoms. The van der Waals surface area contributed by atoms with E-state index in [0.29, 0.717) is 6.61 Å². The maximum Gasteiger partial charge on any atom is 0.224 e.